The van der Waals surface area contributed by atoms with E-state index >= 15 is 0 Å². The second-order valence-corrected chi connectivity index (χ2v) is 5.95. The summed E-state index contributed by atoms with van der Waals surface area (Å²) in [6.07, 6.45) is 1.58. The highest BCUT2D eigenvalue weighted by molar-refractivity contribution is 5.38. The zero-order valence-electron chi connectivity index (χ0n) is 13.8. The van der Waals surface area contributed by atoms with Crippen molar-refractivity contribution in [2.75, 3.05) is 21.2 Å². The van der Waals surface area contributed by atoms with Crippen molar-refractivity contribution in [3.63, 3.8) is 0 Å². The molecular weight excluding hydrogens is 276 g/mol. The molecule has 2 aromatic rings. The monoisotopic (exact) mass is 301 g/mol. The normalized spacial score (nSPS) is 11.0. The molecule has 0 unspecified atom stereocenters. The molecule has 2 N–H and O–H groups in total. The van der Waals surface area contributed by atoms with Crippen molar-refractivity contribution in [3.05, 3.63) is 52.8 Å². The van der Waals surface area contributed by atoms with E-state index in [1.807, 2.05) is 25.1 Å². The van der Waals surface area contributed by atoms with Crippen LogP contribution in [0.15, 0.2) is 30.3 Å². The molecule has 1 aromatic carbocycles. The molecule has 0 spiro atoms. The number of aromatic hydroxyl groups is 1. The molecule has 0 amide bonds. The lowest BCUT2D eigenvalue weighted by Crippen LogP contribution is -3.04. The SMILES string of the molecule is COc1ccc(CCc2nc(C)cc(C[NH+](C)C)c2O)cc1. The predicted molar refractivity (Wildman–Crippen MR) is 87.6 cm³/mol. The Labute approximate surface area is 132 Å². The Balaban J connectivity index is 2.12. The molecule has 0 aliphatic carbocycles. The average molecular weight is 301 g/mol. The Bertz CT molecular complexity index is 622. The van der Waals surface area contributed by atoms with Gasteiger partial charge < -0.3 is 14.7 Å². The summed E-state index contributed by atoms with van der Waals surface area (Å²) in [6.45, 7) is 2.77. The molecule has 0 saturated carbocycles. The van der Waals surface area contributed by atoms with Gasteiger partial charge in [0.2, 0.25) is 0 Å². The van der Waals surface area contributed by atoms with E-state index in [0.29, 0.717) is 5.75 Å². The van der Waals surface area contributed by atoms with Gasteiger partial charge in [-0.05, 0) is 43.5 Å². The Kier molecular flexibility index (Phi) is 5.39. The summed E-state index contributed by atoms with van der Waals surface area (Å²) < 4.78 is 5.16. The van der Waals surface area contributed by atoms with E-state index in [2.05, 4.69) is 31.2 Å². The first-order valence-corrected chi connectivity index (χ1v) is 7.60. The van der Waals surface area contributed by atoms with Gasteiger partial charge in [0.1, 0.15) is 18.0 Å². The number of quaternary nitrogens is 1. The van der Waals surface area contributed by atoms with Crippen LogP contribution in [0.1, 0.15) is 22.5 Å². The van der Waals surface area contributed by atoms with Crippen LogP contribution in [0.3, 0.4) is 0 Å². The Morgan fingerprint density at radius 2 is 1.82 bits per heavy atom. The van der Waals surface area contributed by atoms with Crippen molar-refractivity contribution in [3.8, 4) is 11.5 Å². The number of aromatic nitrogens is 1. The maximum atomic E-state index is 10.4. The van der Waals surface area contributed by atoms with Gasteiger partial charge in [-0.2, -0.15) is 0 Å². The van der Waals surface area contributed by atoms with E-state index in [0.717, 1.165) is 42.1 Å². The lowest BCUT2D eigenvalue weighted by molar-refractivity contribution is -0.872. The van der Waals surface area contributed by atoms with E-state index in [1.54, 1.807) is 7.11 Å². The molecule has 2 rings (SSSR count). The second-order valence-electron chi connectivity index (χ2n) is 5.95. The number of rotatable bonds is 6. The zero-order chi connectivity index (χ0) is 16.1. The maximum absolute atomic E-state index is 10.4. The van der Waals surface area contributed by atoms with Crippen molar-refractivity contribution in [2.24, 2.45) is 0 Å². The van der Waals surface area contributed by atoms with Crippen molar-refractivity contribution in [1.29, 1.82) is 0 Å². The van der Waals surface area contributed by atoms with Gasteiger partial charge in [-0.1, -0.05) is 12.1 Å². The summed E-state index contributed by atoms with van der Waals surface area (Å²) in [6, 6.07) is 9.99. The maximum Gasteiger partial charge on any atom is 0.145 e. The van der Waals surface area contributed by atoms with Gasteiger partial charge in [0.25, 0.3) is 0 Å². The van der Waals surface area contributed by atoms with Gasteiger partial charge in [0, 0.05) is 5.69 Å². The number of benzene rings is 1. The summed E-state index contributed by atoms with van der Waals surface area (Å²) >= 11 is 0. The van der Waals surface area contributed by atoms with Crippen molar-refractivity contribution < 1.29 is 14.7 Å². The van der Waals surface area contributed by atoms with Crippen LogP contribution in [-0.2, 0) is 19.4 Å². The second kappa shape index (κ2) is 7.27. The first-order chi connectivity index (χ1) is 10.5. The van der Waals surface area contributed by atoms with Gasteiger partial charge in [-0.15, -0.1) is 0 Å². The number of pyridine rings is 1. The molecule has 0 fully saturated rings. The Hall–Kier alpha value is -2.07. The molecule has 0 bridgehead atoms. The highest BCUT2D eigenvalue weighted by Gasteiger charge is 2.12. The highest BCUT2D eigenvalue weighted by atomic mass is 16.5. The summed E-state index contributed by atoms with van der Waals surface area (Å²) in [5.41, 5.74) is 3.92. The Morgan fingerprint density at radius 1 is 1.14 bits per heavy atom. The molecule has 1 aromatic heterocycles. The molecule has 0 aliphatic rings. The van der Waals surface area contributed by atoms with Gasteiger partial charge in [-0.3, -0.25) is 4.98 Å². The standard InChI is InChI=1S/C18H24N2O2/c1-13-11-15(12-20(2)3)18(21)17(19-13)10-7-14-5-8-16(22-4)9-6-14/h5-6,8-9,11,21H,7,10,12H2,1-4H3/p+1. The lowest BCUT2D eigenvalue weighted by atomic mass is 10.0. The molecule has 0 atom stereocenters. The Morgan fingerprint density at radius 3 is 2.41 bits per heavy atom. The first-order valence-electron chi connectivity index (χ1n) is 7.60. The van der Waals surface area contributed by atoms with Crippen LogP contribution in [0.25, 0.3) is 0 Å². The van der Waals surface area contributed by atoms with Crippen LogP contribution in [0, 0.1) is 6.92 Å². The molecule has 1 heterocycles. The van der Waals surface area contributed by atoms with E-state index in [4.69, 9.17) is 4.74 Å². The zero-order valence-corrected chi connectivity index (χ0v) is 13.8. The first kappa shape index (κ1) is 16.3. The van der Waals surface area contributed by atoms with Crippen LogP contribution >= 0.6 is 0 Å². The fourth-order valence-electron chi connectivity index (χ4n) is 2.55. The molecular formula is C18H25N2O2+. The van der Waals surface area contributed by atoms with Crippen molar-refractivity contribution >= 4 is 0 Å². The minimum atomic E-state index is 0.348. The number of methoxy groups -OCH3 is 1. The molecule has 118 valence electrons. The third-order valence-electron chi connectivity index (χ3n) is 3.63. The quantitative estimate of drug-likeness (QED) is 0.851. The fourth-order valence-corrected chi connectivity index (χ4v) is 2.55. The van der Waals surface area contributed by atoms with Crippen LogP contribution in [-0.4, -0.2) is 31.3 Å². The van der Waals surface area contributed by atoms with Crippen molar-refractivity contribution in [1.82, 2.24) is 4.98 Å². The van der Waals surface area contributed by atoms with E-state index in [-0.39, 0.29) is 0 Å². The number of nitrogens with zero attached hydrogens (tertiary/aromatic N) is 1. The van der Waals surface area contributed by atoms with Crippen LogP contribution in [0.5, 0.6) is 11.5 Å². The summed E-state index contributed by atoms with van der Waals surface area (Å²) in [7, 11) is 5.82. The van der Waals surface area contributed by atoms with Gasteiger partial charge in [0.05, 0.1) is 32.5 Å². The molecule has 22 heavy (non-hydrogen) atoms. The van der Waals surface area contributed by atoms with E-state index < -0.39 is 0 Å². The molecule has 0 saturated heterocycles. The highest BCUT2D eigenvalue weighted by Crippen LogP contribution is 2.23. The number of nitrogens with one attached hydrogen (secondary N) is 1. The summed E-state index contributed by atoms with van der Waals surface area (Å²) in [4.78, 5) is 5.79. The van der Waals surface area contributed by atoms with Gasteiger partial charge in [-0.25, -0.2) is 0 Å². The average Bonchev–Trinajstić information content (AvgIpc) is 2.49. The number of aryl methyl sites for hydroxylation is 3. The minimum absolute atomic E-state index is 0.348. The molecule has 0 aliphatic heterocycles. The summed E-state index contributed by atoms with van der Waals surface area (Å²) in [5, 5.41) is 10.4. The van der Waals surface area contributed by atoms with E-state index in [9.17, 15) is 5.11 Å². The third kappa shape index (κ3) is 4.21. The fraction of sp³-hybridized carbons (Fsp3) is 0.389. The van der Waals surface area contributed by atoms with Crippen LogP contribution in [0.2, 0.25) is 0 Å². The number of hydrogen-bond acceptors (Lipinski definition) is 3. The topological polar surface area (TPSA) is 46.8 Å². The lowest BCUT2D eigenvalue weighted by Gasteiger charge is -2.13. The smallest absolute Gasteiger partial charge is 0.145 e. The number of hydrogen-bond donors (Lipinski definition) is 2. The predicted octanol–water partition coefficient (Wildman–Crippen LogP) is 1.53. The van der Waals surface area contributed by atoms with E-state index in [1.165, 1.54) is 10.5 Å². The molecule has 4 heteroatoms. The van der Waals surface area contributed by atoms with Gasteiger partial charge in [0.15, 0.2) is 0 Å². The van der Waals surface area contributed by atoms with Crippen LogP contribution < -0.4 is 9.64 Å². The molecule has 0 radical (unpaired) electrons. The summed E-state index contributed by atoms with van der Waals surface area (Å²) in [5.74, 6) is 1.21. The van der Waals surface area contributed by atoms with Crippen molar-refractivity contribution in [2.45, 2.75) is 26.3 Å². The largest absolute Gasteiger partial charge is 0.506 e. The van der Waals surface area contributed by atoms with Crippen LogP contribution in [0.4, 0.5) is 0 Å². The molecule has 4 nitrogen and oxygen atoms in total. The minimum Gasteiger partial charge on any atom is -0.506 e. The van der Waals surface area contributed by atoms with Gasteiger partial charge >= 0.3 is 0 Å². The third-order valence-corrected chi connectivity index (χ3v) is 3.63. The number of ether oxygens (including phenoxy) is 1.